The van der Waals surface area contributed by atoms with Crippen LogP contribution in [0, 0.1) is 6.92 Å². The average Bonchev–Trinajstić information content (AvgIpc) is 3.27. The van der Waals surface area contributed by atoms with Crippen LogP contribution in [0.5, 0.6) is 0 Å². The molecule has 0 radical (unpaired) electrons. The number of anilines is 1. The Morgan fingerprint density at radius 3 is 2.39 bits per heavy atom. The van der Waals surface area contributed by atoms with Crippen LogP contribution in [0.4, 0.5) is 5.95 Å². The van der Waals surface area contributed by atoms with Crippen LogP contribution in [0.3, 0.4) is 0 Å². The van der Waals surface area contributed by atoms with Gasteiger partial charge in [0.25, 0.3) is 11.8 Å². The Balaban J connectivity index is 1.33. The van der Waals surface area contributed by atoms with Gasteiger partial charge in [0.15, 0.2) is 5.65 Å². The van der Waals surface area contributed by atoms with Gasteiger partial charge in [-0.15, -0.1) is 5.10 Å². The van der Waals surface area contributed by atoms with E-state index in [-0.39, 0.29) is 5.95 Å². The van der Waals surface area contributed by atoms with Gasteiger partial charge in [0.05, 0.1) is 11.1 Å². The van der Waals surface area contributed by atoms with Crippen LogP contribution >= 0.6 is 0 Å². The van der Waals surface area contributed by atoms with Gasteiger partial charge in [0, 0.05) is 11.8 Å². The molecular weight excluding hydrogens is 394 g/mol. The predicted octanol–water partition coefficient (Wildman–Crippen LogP) is 2.94. The summed E-state index contributed by atoms with van der Waals surface area (Å²) in [6.07, 6.45) is 1.83. The second kappa shape index (κ2) is 7.17. The van der Waals surface area contributed by atoms with Crippen LogP contribution in [-0.4, -0.2) is 43.8 Å². The van der Waals surface area contributed by atoms with Gasteiger partial charge in [-0.3, -0.25) is 24.6 Å². The smallest absolute Gasteiger partial charge is 0.262 e. The van der Waals surface area contributed by atoms with Crippen LogP contribution in [0.25, 0.3) is 16.8 Å². The van der Waals surface area contributed by atoms with E-state index in [0.29, 0.717) is 16.8 Å². The van der Waals surface area contributed by atoms with Gasteiger partial charge in [0.2, 0.25) is 11.9 Å². The van der Waals surface area contributed by atoms with E-state index in [4.69, 9.17) is 0 Å². The molecule has 4 aromatic rings. The molecule has 0 atom stereocenters. The Labute approximate surface area is 177 Å². The van der Waals surface area contributed by atoms with Crippen LogP contribution in [0.15, 0.2) is 66.9 Å². The summed E-state index contributed by atoms with van der Waals surface area (Å²) in [6.45, 7) is 1.62. The number of imide groups is 1. The first-order valence-electron chi connectivity index (χ1n) is 9.68. The molecule has 1 aliphatic rings. The van der Waals surface area contributed by atoms with Crippen molar-refractivity contribution in [1.29, 1.82) is 0 Å². The molecule has 0 aliphatic carbocycles. The van der Waals surface area contributed by atoms with Crippen LogP contribution < -0.4 is 5.32 Å². The first-order valence-corrected chi connectivity index (χ1v) is 9.68. The van der Waals surface area contributed by atoms with Gasteiger partial charge < -0.3 is 0 Å². The maximum atomic E-state index is 12.5. The van der Waals surface area contributed by atoms with Crippen molar-refractivity contribution in [3.8, 4) is 11.1 Å². The zero-order valence-corrected chi connectivity index (χ0v) is 16.6. The highest BCUT2D eigenvalue weighted by Crippen LogP contribution is 2.23. The fourth-order valence-electron chi connectivity index (χ4n) is 3.62. The number of aryl methyl sites for hydroxylation is 1. The van der Waals surface area contributed by atoms with E-state index in [2.05, 4.69) is 21.5 Å². The van der Waals surface area contributed by atoms with Crippen molar-refractivity contribution in [2.45, 2.75) is 6.92 Å². The van der Waals surface area contributed by atoms with Gasteiger partial charge in [0.1, 0.15) is 6.54 Å². The molecule has 0 spiro atoms. The Morgan fingerprint density at radius 2 is 1.68 bits per heavy atom. The summed E-state index contributed by atoms with van der Waals surface area (Å²) < 4.78 is 1.58. The van der Waals surface area contributed by atoms with Crippen LogP contribution in [-0.2, 0) is 4.79 Å². The molecule has 31 heavy (non-hydrogen) atoms. The molecule has 1 N–H and O–H groups in total. The number of carbonyl (C=O) groups is 3. The molecule has 0 saturated heterocycles. The summed E-state index contributed by atoms with van der Waals surface area (Å²) in [5.41, 5.74) is 4.33. The van der Waals surface area contributed by atoms with Crippen LogP contribution in [0.2, 0.25) is 0 Å². The number of hydrogen-bond acceptors (Lipinski definition) is 5. The zero-order chi connectivity index (χ0) is 21.5. The molecule has 152 valence electrons. The number of amides is 3. The highest BCUT2D eigenvalue weighted by molar-refractivity contribution is 6.22. The van der Waals surface area contributed by atoms with Gasteiger partial charge in [-0.1, -0.05) is 42.0 Å². The first-order chi connectivity index (χ1) is 15.0. The minimum Gasteiger partial charge on any atom is -0.292 e. The normalized spacial score (nSPS) is 13.0. The van der Waals surface area contributed by atoms with E-state index in [9.17, 15) is 14.4 Å². The summed E-state index contributed by atoms with van der Waals surface area (Å²) in [5.74, 6) is -1.42. The predicted molar refractivity (Wildman–Crippen MR) is 114 cm³/mol. The summed E-state index contributed by atoms with van der Waals surface area (Å²) in [6, 6.07) is 18.3. The van der Waals surface area contributed by atoms with E-state index >= 15 is 0 Å². The summed E-state index contributed by atoms with van der Waals surface area (Å²) >= 11 is 0. The lowest BCUT2D eigenvalue weighted by Gasteiger charge is -2.12. The molecule has 8 heteroatoms. The van der Waals surface area contributed by atoms with Crippen molar-refractivity contribution in [2.75, 3.05) is 11.9 Å². The minimum atomic E-state index is -0.552. The van der Waals surface area contributed by atoms with E-state index in [1.807, 2.05) is 43.5 Å². The Bertz CT molecular complexity index is 1340. The molecule has 2 aromatic carbocycles. The van der Waals surface area contributed by atoms with Crippen molar-refractivity contribution in [3.05, 3.63) is 83.6 Å². The van der Waals surface area contributed by atoms with Gasteiger partial charge >= 0.3 is 0 Å². The average molecular weight is 411 g/mol. The second-order valence-corrected chi connectivity index (χ2v) is 7.32. The highest BCUT2D eigenvalue weighted by Gasteiger charge is 2.36. The summed E-state index contributed by atoms with van der Waals surface area (Å²) in [7, 11) is 0. The lowest BCUT2D eigenvalue weighted by Crippen LogP contribution is -2.37. The molecule has 0 unspecified atom stereocenters. The minimum absolute atomic E-state index is 0.100. The van der Waals surface area contributed by atoms with Crippen molar-refractivity contribution in [3.63, 3.8) is 0 Å². The van der Waals surface area contributed by atoms with Gasteiger partial charge in [-0.25, -0.2) is 4.52 Å². The lowest BCUT2D eigenvalue weighted by atomic mass is 10.1. The fraction of sp³-hybridized carbons (Fsp3) is 0.0870. The van der Waals surface area contributed by atoms with Crippen molar-refractivity contribution >= 4 is 29.3 Å². The van der Waals surface area contributed by atoms with Crippen molar-refractivity contribution in [2.24, 2.45) is 0 Å². The largest absolute Gasteiger partial charge is 0.292 e. The molecule has 2 aromatic heterocycles. The molecule has 0 fully saturated rings. The van der Waals surface area contributed by atoms with Crippen molar-refractivity contribution in [1.82, 2.24) is 19.5 Å². The number of pyridine rings is 1. The Hall–Kier alpha value is -4.33. The molecule has 1 aliphatic heterocycles. The SMILES string of the molecule is Cc1cccc(-c2ccc3nc(NC(=O)CN4C(=O)c5ccccc5C4=O)nn3c2)c1. The third-order valence-corrected chi connectivity index (χ3v) is 5.11. The Morgan fingerprint density at radius 1 is 0.935 bits per heavy atom. The van der Waals surface area contributed by atoms with E-state index < -0.39 is 24.3 Å². The van der Waals surface area contributed by atoms with E-state index in [0.717, 1.165) is 21.6 Å². The summed E-state index contributed by atoms with van der Waals surface area (Å²) in [5, 5.41) is 6.87. The number of aromatic nitrogens is 3. The first kappa shape index (κ1) is 18.7. The topological polar surface area (TPSA) is 96.7 Å². The second-order valence-electron chi connectivity index (χ2n) is 7.32. The molecule has 3 amide bonds. The Kier molecular flexibility index (Phi) is 4.32. The van der Waals surface area contributed by atoms with E-state index in [1.54, 1.807) is 28.8 Å². The third-order valence-electron chi connectivity index (χ3n) is 5.11. The maximum Gasteiger partial charge on any atom is 0.262 e. The molecule has 5 rings (SSSR count). The molecule has 3 heterocycles. The maximum absolute atomic E-state index is 12.5. The number of carbonyl (C=O) groups excluding carboxylic acids is 3. The molecule has 0 bridgehead atoms. The lowest BCUT2D eigenvalue weighted by molar-refractivity contribution is -0.116. The molecule has 8 nitrogen and oxygen atoms in total. The zero-order valence-electron chi connectivity index (χ0n) is 16.6. The van der Waals surface area contributed by atoms with Crippen molar-refractivity contribution < 1.29 is 14.4 Å². The molecular formula is C23H17N5O3. The monoisotopic (exact) mass is 411 g/mol. The number of benzene rings is 2. The summed E-state index contributed by atoms with van der Waals surface area (Å²) in [4.78, 5) is 42.5. The van der Waals surface area contributed by atoms with Gasteiger partial charge in [-0.2, -0.15) is 4.98 Å². The fourth-order valence-corrected chi connectivity index (χ4v) is 3.62. The quantitative estimate of drug-likeness (QED) is 0.521. The standard InChI is InChI=1S/C23H17N5O3/c1-14-5-4-6-15(11-14)16-9-10-19-24-23(26-28(19)12-16)25-20(29)13-27-21(30)17-7-2-3-8-18(17)22(27)31/h2-12H,13H2,1H3,(H,25,26,29). The highest BCUT2D eigenvalue weighted by atomic mass is 16.2. The van der Waals surface area contributed by atoms with Crippen LogP contribution in [0.1, 0.15) is 26.3 Å². The number of fused-ring (bicyclic) bond motifs is 2. The number of hydrogen-bond donors (Lipinski definition) is 1. The molecule has 0 saturated carbocycles. The number of nitrogens with one attached hydrogen (secondary N) is 1. The van der Waals surface area contributed by atoms with E-state index in [1.165, 1.54) is 0 Å². The third kappa shape index (κ3) is 3.33. The number of nitrogens with zero attached hydrogens (tertiary/aromatic N) is 4. The van der Waals surface area contributed by atoms with Gasteiger partial charge in [-0.05, 0) is 36.8 Å². The number of rotatable bonds is 4.